The van der Waals surface area contributed by atoms with Gasteiger partial charge in [-0.1, -0.05) is 29.3 Å². The molecule has 0 unspecified atom stereocenters. The van der Waals surface area contributed by atoms with Crippen LogP contribution in [-0.4, -0.2) is 22.9 Å². The van der Waals surface area contributed by atoms with Crippen LogP contribution in [0.3, 0.4) is 0 Å². The zero-order valence-electron chi connectivity index (χ0n) is 11.7. The van der Waals surface area contributed by atoms with Crippen molar-refractivity contribution in [2.75, 3.05) is 0 Å². The number of rotatable bonds is 4. The van der Waals surface area contributed by atoms with Gasteiger partial charge in [-0.3, -0.25) is 4.79 Å². The molecule has 0 aliphatic carbocycles. The molecule has 0 fully saturated rings. The Kier molecular flexibility index (Phi) is 5.89. The van der Waals surface area contributed by atoms with E-state index in [2.05, 4.69) is 0 Å². The molecule has 1 rings (SSSR count). The van der Waals surface area contributed by atoms with Gasteiger partial charge in [0.15, 0.2) is 0 Å². The van der Waals surface area contributed by atoms with Gasteiger partial charge in [0.1, 0.15) is 0 Å². The molecular formula is C15H19Cl2NO. The van der Waals surface area contributed by atoms with Crippen LogP contribution in [0.15, 0.2) is 24.3 Å². The number of hydrogen-bond donors (Lipinski definition) is 0. The van der Waals surface area contributed by atoms with Crippen molar-refractivity contribution in [3.63, 3.8) is 0 Å². The van der Waals surface area contributed by atoms with E-state index >= 15 is 0 Å². The standard InChI is InChI=1S/C15H19Cl2NO/c1-10(2)18(11(3)4)15(19)8-6-12-5-7-13(16)14(17)9-12/h5-11H,1-4H3/b8-6+. The van der Waals surface area contributed by atoms with Crippen molar-refractivity contribution >= 4 is 35.2 Å². The first-order valence-electron chi connectivity index (χ1n) is 6.28. The van der Waals surface area contributed by atoms with Crippen LogP contribution >= 0.6 is 23.2 Å². The Hall–Kier alpha value is -0.990. The van der Waals surface area contributed by atoms with E-state index in [0.717, 1.165) is 5.56 Å². The van der Waals surface area contributed by atoms with Gasteiger partial charge in [0.25, 0.3) is 0 Å². The van der Waals surface area contributed by atoms with Crippen LogP contribution in [0.5, 0.6) is 0 Å². The summed E-state index contributed by atoms with van der Waals surface area (Å²) in [5, 5.41) is 0.997. The molecule has 1 aromatic rings. The molecule has 0 aliphatic rings. The monoisotopic (exact) mass is 299 g/mol. The van der Waals surface area contributed by atoms with E-state index in [1.807, 2.05) is 38.7 Å². The Morgan fingerprint density at radius 2 is 1.68 bits per heavy atom. The topological polar surface area (TPSA) is 20.3 Å². The van der Waals surface area contributed by atoms with Gasteiger partial charge >= 0.3 is 0 Å². The van der Waals surface area contributed by atoms with E-state index in [4.69, 9.17) is 23.2 Å². The van der Waals surface area contributed by atoms with Crippen molar-refractivity contribution in [1.29, 1.82) is 0 Å². The van der Waals surface area contributed by atoms with Crippen molar-refractivity contribution in [3.05, 3.63) is 39.9 Å². The summed E-state index contributed by atoms with van der Waals surface area (Å²) in [6, 6.07) is 5.63. The fraction of sp³-hybridized carbons (Fsp3) is 0.400. The molecule has 1 amide bonds. The van der Waals surface area contributed by atoms with Crippen LogP contribution < -0.4 is 0 Å². The number of carbonyl (C=O) groups is 1. The number of hydrogen-bond acceptors (Lipinski definition) is 1. The fourth-order valence-corrected chi connectivity index (χ4v) is 2.28. The molecule has 4 heteroatoms. The summed E-state index contributed by atoms with van der Waals surface area (Å²) in [7, 11) is 0. The highest BCUT2D eigenvalue weighted by Gasteiger charge is 2.17. The predicted octanol–water partition coefficient (Wildman–Crippen LogP) is 4.65. The van der Waals surface area contributed by atoms with Gasteiger partial charge in [0.2, 0.25) is 5.91 Å². The molecule has 0 aliphatic heterocycles. The van der Waals surface area contributed by atoms with E-state index in [0.29, 0.717) is 10.0 Å². The average Bonchev–Trinajstić information content (AvgIpc) is 2.29. The molecular weight excluding hydrogens is 281 g/mol. The number of benzene rings is 1. The van der Waals surface area contributed by atoms with Gasteiger partial charge < -0.3 is 4.90 Å². The normalized spacial score (nSPS) is 11.6. The molecule has 104 valence electrons. The van der Waals surface area contributed by atoms with E-state index in [9.17, 15) is 4.79 Å². The second-order valence-electron chi connectivity index (χ2n) is 4.94. The predicted molar refractivity (Wildman–Crippen MR) is 82.6 cm³/mol. The molecule has 0 aromatic heterocycles. The van der Waals surface area contributed by atoms with Crippen molar-refractivity contribution in [3.8, 4) is 0 Å². The van der Waals surface area contributed by atoms with Crippen molar-refractivity contribution in [2.24, 2.45) is 0 Å². The highest BCUT2D eigenvalue weighted by atomic mass is 35.5. The number of nitrogens with zero attached hydrogens (tertiary/aromatic N) is 1. The smallest absolute Gasteiger partial charge is 0.247 e. The molecule has 0 saturated carbocycles. The first kappa shape index (κ1) is 16.1. The van der Waals surface area contributed by atoms with Crippen LogP contribution in [0.2, 0.25) is 10.0 Å². The zero-order chi connectivity index (χ0) is 14.6. The Bertz CT molecular complexity index is 473. The van der Waals surface area contributed by atoms with Gasteiger partial charge in [-0.05, 0) is 51.5 Å². The van der Waals surface area contributed by atoms with Crippen molar-refractivity contribution in [1.82, 2.24) is 4.90 Å². The first-order valence-corrected chi connectivity index (χ1v) is 7.04. The van der Waals surface area contributed by atoms with Crippen LogP contribution in [-0.2, 0) is 4.79 Å². The lowest BCUT2D eigenvalue weighted by atomic mass is 10.2. The fourth-order valence-electron chi connectivity index (χ4n) is 1.97. The molecule has 19 heavy (non-hydrogen) atoms. The molecule has 0 atom stereocenters. The highest BCUT2D eigenvalue weighted by Crippen LogP contribution is 2.23. The van der Waals surface area contributed by atoms with Gasteiger partial charge in [-0.15, -0.1) is 0 Å². The number of carbonyl (C=O) groups excluding carboxylic acids is 1. The Morgan fingerprint density at radius 1 is 1.11 bits per heavy atom. The largest absolute Gasteiger partial charge is 0.334 e. The zero-order valence-corrected chi connectivity index (χ0v) is 13.2. The van der Waals surface area contributed by atoms with Crippen LogP contribution in [0.1, 0.15) is 33.3 Å². The minimum Gasteiger partial charge on any atom is -0.334 e. The summed E-state index contributed by atoms with van der Waals surface area (Å²) in [5.74, 6) is -0.00364. The average molecular weight is 300 g/mol. The lowest BCUT2D eigenvalue weighted by molar-refractivity contribution is -0.129. The first-order chi connectivity index (χ1) is 8.82. The van der Waals surface area contributed by atoms with Gasteiger partial charge in [0.05, 0.1) is 10.0 Å². The Balaban J connectivity index is 2.85. The van der Waals surface area contributed by atoms with E-state index in [1.54, 1.807) is 24.3 Å². The summed E-state index contributed by atoms with van der Waals surface area (Å²) in [6.45, 7) is 8.02. The highest BCUT2D eigenvalue weighted by molar-refractivity contribution is 6.42. The maximum atomic E-state index is 12.1. The van der Waals surface area contributed by atoms with Crippen LogP contribution in [0.25, 0.3) is 6.08 Å². The number of halogens is 2. The molecule has 0 N–H and O–H groups in total. The molecule has 2 nitrogen and oxygen atoms in total. The summed E-state index contributed by atoms with van der Waals surface area (Å²) in [4.78, 5) is 14.0. The SMILES string of the molecule is CC(C)N(C(=O)/C=C/c1ccc(Cl)c(Cl)c1)C(C)C. The van der Waals surface area contributed by atoms with E-state index < -0.39 is 0 Å². The Morgan fingerprint density at radius 3 is 2.16 bits per heavy atom. The van der Waals surface area contributed by atoms with Crippen molar-refractivity contribution in [2.45, 2.75) is 39.8 Å². The van der Waals surface area contributed by atoms with Crippen LogP contribution in [0, 0.1) is 0 Å². The molecule has 0 saturated heterocycles. The molecule has 0 heterocycles. The lowest BCUT2D eigenvalue weighted by Gasteiger charge is -2.29. The Labute approximate surface area is 125 Å². The summed E-state index contributed by atoms with van der Waals surface area (Å²) < 4.78 is 0. The molecule has 1 aromatic carbocycles. The molecule has 0 radical (unpaired) electrons. The maximum Gasteiger partial charge on any atom is 0.247 e. The minimum absolute atomic E-state index is 0.00364. The minimum atomic E-state index is -0.00364. The number of amides is 1. The maximum absolute atomic E-state index is 12.1. The third-order valence-electron chi connectivity index (χ3n) is 2.73. The van der Waals surface area contributed by atoms with E-state index in [-0.39, 0.29) is 18.0 Å². The van der Waals surface area contributed by atoms with Gasteiger partial charge in [-0.2, -0.15) is 0 Å². The van der Waals surface area contributed by atoms with Crippen LogP contribution in [0.4, 0.5) is 0 Å². The lowest BCUT2D eigenvalue weighted by Crippen LogP contribution is -2.41. The second kappa shape index (κ2) is 6.97. The summed E-state index contributed by atoms with van der Waals surface area (Å²) in [5.41, 5.74) is 0.857. The quantitative estimate of drug-likeness (QED) is 0.741. The van der Waals surface area contributed by atoms with Crippen molar-refractivity contribution < 1.29 is 4.79 Å². The summed E-state index contributed by atoms with van der Waals surface area (Å²) in [6.07, 6.45) is 3.32. The third kappa shape index (κ3) is 4.55. The summed E-state index contributed by atoms with van der Waals surface area (Å²) >= 11 is 11.8. The van der Waals surface area contributed by atoms with Gasteiger partial charge in [-0.25, -0.2) is 0 Å². The third-order valence-corrected chi connectivity index (χ3v) is 3.47. The molecule has 0 bridgehead atoms. The second-order valence-corrected chi connectivity index (χ2v) is 5.75. The van der Waals surface area contributed by atoms with Gasteiger partial charge in [0, 0.05) is 18.2 Å². The molecule has 0 spiro atoms. The van der Waals surface area contributed by atoms with E-state index in [1.165, 1.54) is 0 Å².